The van der Waals surface area contributed by atoms with Crippen molar-refractivity contribution < 1.29 is 8.42 Å². The first-order valence-corrected chi connectivity index (χ1v) is 15.0. The zero-order valence-electron chi connectivity index (χ0n) is 23.2. The topological polar surface area (TPSA) is 122 Å². The Hall–Kier alpha value is -3.05. The second-order valence-corrected chi connectivity index (χ2v) is 12.5. The van der Waals surface area contributed by atoms with Gasteiger partial charge in [-0.3, -0.25) is 19.1 Å². The van der Waals surface area contributed by atoms with Crippen molar-refractivity contribution in [1.29, 1.82) is 0 Å². The first-order chi connectivity index (χ1) is 18.0. The summed E-state index contributed by atoms with van der Waals surface area (Å²) in [5, 5.41) is 4.22. The van der Waals surface area contributed by atoms with Crippen LogP contribution in [0.1, 0.15) is 64.6 Å². The minimum absolute atomic E-state index is 0.0339. The van der Waals surface area contributed by atoms with Crippen LogP contribution >= 0.6 is 0 Å². The zero-order chi connectivity index (χ0) is 27.6. The van der Waals surface area contributed by atoms with E-state index in [0.29, 0.717) is 52.7 Å². The van der Waals surface area contributed by atoms with Crippen molar-refractivity contribution in [2.24, 2.45) is 0 Å². The van der Waals surface area contributed by atoms with Crippen LogP contribution in [0.3, 0.4) is 0 Å². The van der Waals surface area contributed by atoms with Crippen LogP contribution in [0.15, 0.2) is 29.2 Å². The van der Waals surface area contributed by atoms with Crippen molar-refractivity contribution in [2.75, 3.05) is 29.9 Å². The van der Waals surface area contributed by atoms with Gasteiger partial charge in [0.05, 0.1) is 28.4 Å². The maximum absolute atomic E-state index is 13.7. The van der Waals surface area contributed by atoms with Gasteiger partial charge in [0.15, 0.2) is 0 Å². The van der Waals surface area contributed by atoms with Crippen LogP contribution < -0.4 is 15.6 Å². The van der Waals surface area contributed by atoms with Crippen LogP contribution in [0.2, 0.25) is 0 Å². The van der Waals surface area contributed by atoms with Gasteiger partial charge in [0, 0.05) is 29.7 Å². The number of fused-ring (bicyclic) bond motifs is 1. The van der Waals surface area contributed by atoms with Gasteiger partial charge >= 0.3 is 0 Å². The SMILES string of the molecule is CCCS(=O)(=O)Nc1ccc(-c2cc3cnc(NC4CCC(N(C)C)CC4)nc3n(C(C)C)c2=O)nc1C. The van der Waals surface area contributed by atoms with Crippen molar-refractivity contribution in [3.8, 4) is 11.3 Å². The standard InChI is InChI=1S/C27H39N7O3S/c1-7-14-38(36,37)32-23-12-13-24(29-18(23)4)22-15-19-16-28-27(31-25(19)34(17(2)3)26(22)35)30-20-8-10-21(11-9-20)33(5)6/h12-13,15-17,20-21,32H,7-11,14H2,1-6H3,(H,28,30,31). The predicted octanol–water partition coefficient (Wildman–Crippen LogP) is 4.18. The Morgan fingerprint density at radius 3 is 2.45 bits per heavy atom. The van der Waals surface area contributed by atoms with Gasteiger partial charge in [-0.15, -0.1) is 0 Å². The van der Waals surface area contributed by atoms with Crippen LogP contribution in [-0.2, 0) is 10.0 Å². The fourth-order valence-corrected chi connectivity index (χ4v) is 6.27. The van der Waals surface area contributed by atoms with E-state index in [4.69, 9.17) is 4.98 Å². The van der Waals surface area contributed by atoms with Gasteiger partial charge in [-0.25, -0.2) is 13.4 Å². The normalized spacial score (nSPS) is 18.3. The van der Waals surface area contributed by atoms with Crippen LogP contribution in [0.4, 0.5) is 11.6 Å². The van der Waals surface area contributed by atoms with E-state index in [0.717, 1.165) is 31.1 Å². The third kappa shape index (κ3) is 6.15. The molecule has 1 fully saturated rings. The van der Waals surface area contributed by atoms with E-state index in [9.17, 15) is 13.2 Å². The highest BCUT2D eigenvalue weighted by Gasteiger charge is 2.23. The predicted molar refractivity (Wildman–Crippen MR) is 153 cm³/mol. The van der Waals surface area contributed by atoms with E-state index >= 15 is 0 Å². The highest BCUT2D eigenvalue weighted by atomic mass is 32.2. The number of nitrogens with zero attached hydrogens (tertiary/aromatic N) is 5. The molecule has 3 heterocycles. The molecule has 0 unspecified atom stereocenters. The first kappa shape index (κ1) is 28.0. The van der Waals surface area contributed by atoms with Crippen molar-refractivity contribution in [1.82, 2.24) is 24.4 Å². The van der Waals surface area contributed by atoms with Crippen LogP contribution in [0, 0.1) is 6.92 Å². The van der Waals surface area contributed by atoms with Crippen molar-refractivity contribution >= 4 is 32.7 Å². The van der Waals surface area contributed by atoms with Gasteiger partial charge in [0.25, 0.3) is 5.56 Å². The monoisotopic (exact) mass is 541 g/mol. The highest BCUT2D eigenvalue weighted by molar-refractivity contribution is 7.92. The number of anilines is 2. The quantitative estimate of drug-likeness (QED) is 0.414. The first-order valence-electron chi connectivity index (χ1n) is 13.3. The van der Waals surface area contributed by atoms with Crippen LogP contribution in [-0.4, -0.2) is 64.8 Å². The Bertz CT molecular complexity index is 1460. The smallest absolute Gasteiger partial charge is 0.261 e. The molecule has 2 N–H and O–H groups in total. The molecular weight excluding hydrogens is 502 g/mol. The summed E-state index contributed by atoms with van der Waals surface area (Å²) in [4.78, 5) is 29.8. The molecule has 4 rings (SSSR count). The van der Waals surface area contributed by atoms with E-state index in [2.05, 4.69) is 39.0 Å². The molecule has 0 saturated heterocycles. The second-order valence-electron chi connectivity index (χ2n) is 10.7. The molecule has 0 atom stereocenters. The molecule has 0 aromatic carbocycles. The summed E-state index contributed by atoms with van der Waals surface area (Å²) in [6.45, 7) is 7.44. The number of hydrogen-bond donors (Lipinski definition) is 2. The molecule has 1 aliphatic rings. The number of rotatable bonds is 9. The van der Waals surface area contributed by atoms with E-state index in [1.54, 1.807) is 35.9 Å². The lowest BCUT2D eigenvalue weighted by Crippen LogP contribution is -2.36. The Morgan fingerprint density at radius 2 is 1.84 bits per heavy atom. The Labute approximate surface area is 225 Å². The fraction of sp³-hybridized carbons (Fsp3) is 0.556. The summed E-state index contributed by atoms with van der Waals surface area (Å²) >= 11 is 0. The van der Waals surface area contributed by atoms with Gasteiger partial charge in [0.1, 0.15) is 5.65 Å². The molecule has 1 aliphatic carbocycles. The molecule has 38 heavy (non-hydrogen) atoms. The van der Waals surface area contributed by atoms with E-state index < -0.39 is 10.0 Å². The Kier molecular flexibility index (Phi) is 8.37. The van der Waals surface area contributed by atoms with Crippen molar-refractivity contribution in [3.63, 3.8) is 0 Å². The van der Waals surface area contributed by atoms with Crippen LogP contribution in [0.25, 0.3) is 22.3 Å². The molecule has 0 bridgehead atoms. The molecule has 0 aliphatic heterocycles. The Morgan fingerprint density at radius 1 is 1.13 bits per heavy atom. The lowest BCUT2D eigenvalue weighted by molar-refractivity contribution is 0.221. The minimum Gasteiger partial charge on any atom is -0.351 e. The van der Waals surface area contributed by atoms with Crippen molar-refractivity contribution in [3.05, 3.63) is 40.4 Å². The molecule has 11 heteroatoms. The molecule has 0 radical (unpaired) electrons. The molecule has 0 amide bonds. The average molecular weight is 542 g/mol. The zero-order valence-corrected chi connectivity index (χ0v) is 24.0. The molecule has 1 saturated carbocycles. The summed E-state index contributed by atoms with van der Waals surface area (Å²) in [5.41, 5.74) is 2.18. The molecule has 0 spiro atoms. The van der Waals surface area contributed by atoms with Gasteiger partial charge in [-0.05, 0) is 85.2 Å². The van der Waals surface area contributed by atoms with Gasteiger partial charge in [-0.1, -0.05) is 6.92 Å². The summed E-state index contributed by atoms with van der Waals surface area (Å²) in [6, 6.07) is 5.88. The molecule has 3 aromatic rings. The van der Waals surface area contributed by atoms with E-state index in [1.165, 1.54) is 0 Å². The Balaban J connectivity index is 1.66. The number of sulfonamides is 1. The number of aryl methyl sites for hydroxylation is 1. The van der Waals surface area contributed by atoms with Crippen LogP contribution in [0.5, 0.6) is 0 Å². The summed E-state index contributed by atoms with van der Waals surface area (Å²) in [5.74, 6) is 0.566. The molecule has 3 aromatic heterocycles. The number of nitrogens with one attached hydrogen (secondary N) is 2. The third-order valence-corrected chi connectivity index (χ3v) is 8.63. The van der Waals surface area contributed by atoms with Gasteiger partial charge in [-0.2, -0.15) is 4.98 Å². The largest absolute Gasteiger partial charge is 0.351 e. The summed E-state index contributed by atoms with van der Waals surface area (Å²) in [6.07, 6.45) is 6.62. The van der Waals surface area contributed by atoms with E-state index in [-0.39, 0.29) is 17.4 Å². The maximum atomic E-state index is 13.7. The van der Waals surface area contributed by atoms with E-state index in [1.807, 2.05) is 20.8 Å². The number of hydrogen-bond acceptors (Lipinski definition) is 8. The molecular formula is C27H39N7O3S. The number of aromatic nitrogens is 4. The second kappa shape index (κ2) is 11.4. The third-order valence-electron chi connectivity index (χ3n) is 7.15. The maximum Gasteiger partial charge on any atom is 0.261 e. The summed E-state index contributed by atoms with van der Waals surface area (Å²) < 4.78 is 28.7. The summed E-state index contributed by atoms with van der Waals surface area (Å²) in [7, 11) is 0.817. The van der Waals surface area contributed by atoms with Crippen molar-refractivity contribution in [2.45, 2.75) is 77.9 Å². The molecule has 10 nitrogen and oxygen atoms in total. The van der Waals surface area contributed by atoms with Gasteiger partial charge in [0.2, 0.25) is 16.0 Å². The molecule has 206 valence electrons. The lowest BCUT2D eigenvalue weighted by atomic mass is 9.91. The highest BCUT2D eigenvalue weighted by Crippen LogP contribution is 2.26. The fourth-order valence-electron chi connectivity index (χ4n) is 5.08. The minimum atomic E-state index is -3.44. The number of pyridine rings is 2. The van der Waals surface area contributed by atoms with Gasteiger partial charge < -0.3 is 10.2 Å². The lowest BCUT2D eigenvalue weighted by Gasteiger charge is -2.33. The average Bonchev–Trinajstić information content (AvgIpc) is 2.85.